The molecule has 1 N–H and O–H groups in total. The molecule has 0 aromatic heterocycles. The molecule has 0 atom stereocenters. The van der Waals surface area contributed by atoms with Crippen molar-refractivity contribution < 1.29 is 18.6 Å². The van der Waals surface area contributed by atoms with E-state index >= 15 is 0 Å². The normalized spacial score (nSPS) is 10.0. The summed E-state index contributed by atoms with van der Waals surface area (Å²) in [6.07, 6.45) is 0. The number of hydrogen-bond donors (Lipinski definition) is 1. The molecular formula is C14H9F2NO2. The molecule has 0 heterocycles. The van der Waals surface area contributed by atoms with Crippen molar-refractivity contribution in [2.75, 3.05) is 0 Å². The summed E-state index contributed by atoms with van der Waals surface area (Å²) in [7, 11) is 0. The Balaban J connectivity index is 2.37. The number of halogens is 2. The average Bonchev–Trinajstić information content (AvgIpc) is 2.41. The molecule has 0 unspecified atom stereocenters. The summed E-state index contributed by atoms with van der Waals surface area (Å²) in [6, 6.07) is 9.43. The molecule has 0 fully saturated rings. The van der Waals surface area contributed by atoms with Crippen LogP contribution in [-0.2, 0) is 6.61 Å². The first kappa shape index (κ1) is 13.0. The first-order valence-corrected chi connectivity index (χ1v) is 5.41. The third kappa shape index (κ3) is 2.69. The highest BCUT2D eigenvalue weighted by Gasteiger charge is 2.12. The largest absolute Gasteiger partial charge is 0.453 e. The van der Waals surface area contributed by atoms with E-state index in [1.165, 1.54) is 24.3 Å². The van der Waals surface area contributed by atoms with Crippen LogP contribution in [0.1, 0.15) is 11.1 Å². The zero-order chi connectivity index (χ0) is 13.8. The third-order valence-corrected chi connectivity index (χ3v) is 2.49. The van der Waals surface area contributed by atoms with E-state index in [1.54, 1.807) is 6.07 Å². The summed E-state index contributed by atoms with van der Waals surface area (Å²) in [5.74, 6) is -1.62. The van der Waals surface area contributed by atoms with E-state index in [0.717, 1.165) is 12.1 Å². The number of ether oxygens (including phenoxy) is 1. The molecule has 2 rings (SSSR count). The Morgan fingerprint density at radius 2 is 1.89 bits per heavy atom. The molecule has 0 radical (unpaired) electrons. The van der Waals surface area contributed by atoms with Crippen molar-refractivity contribution in [1.82, 2.24) is 0 Å². The maximum Gasteiger partial charge on any atom is 0.166 e. The fraction of sp³-hybridized carbons (Fsp3) is 0.0714. The van der Waals surface area contributed by atoms with Crippen molar-refractivity contribution in [1.29, 1.82) is 5.26 Å². The summed E-state index contributed by atoms with van der Waals surface area (Å²) < 4.78 is 32.2. The predicted molar refractivity (Wildman–Crippen MR) is 63.5 cm³/mol. The van der Waals surface area contributed by atoms with Gasteiger partial charge in [-0.3, -0.25) is 0 Å². The summed E-state index contributed by atoms with van der Waals surface area (Å²) in [5, 5.41) is 17.7. The summed E-state index contributed by atoms with van der Waals surface area (Å²) >= 11 is 0. The second kappa shape index (κ2) is 5.46. The van der Waals surface area contributed by atoms with Crippen LogP contribution in [-0.4, -0.2) is 5.11 Å². The Bertz CT molecular complexity index is 650. The van der Waals surface area contributed by atoms with Gasteiger partial charge < -0.3 is 9.84 Å². The Hall–Kier alpha value is -2.45. The molecule has 0 saturated carbocycles. The second-order valence-corrected chi connectivity index (χ2v) is 3.75. The highest BCUT2D eigenvalue weighted by atomic mass is 19.1. The number of nitrogens with zero attached hydrogens (tertiary/aromatic N) is 1. The number of aliphatic hydroxyl groups excluding tert-OH is 1. The van der Waals surface area contributed by atoms with Gasteiger partial charge in [-0.15, -0.1) is 0 Å². The molecule has 0 aliphatic rings. The molecule has 0 aliphatic heterocycles. The first-order valence-electron chi connectivity index (χ1n) is 5.41. The van der Waals surface area contributed by atoms with Crippen LogP contribution >= 0.6 is 0 Å². The van der Waals surface area contributed by atoms with Crippen LogP contribution in [0.4, 0.5) is 8.78 Å². The van der Waals surface area contributed by atoms with E-state index in [-0.39, 0.29) is 23.7 Å². The van der Waals surface area contributed by atoms with Crippen LogP contribution in [0.25, 0.3) is 0 Å². The van der Waals surface area contributed by atoms with Crippen LogP contribution in [0.5, 0.6) is 11.5 Å². The van der Waals surface area contributed by atoms with Gasteiger partial charge in [-0.1, -0.05) is 12.1 Å². The fourth-order valence-corrected chi connectivity index (χ4v) is 1.54. The van der Waals surface area contributed by atoms with Crippen LogP contribution in [0.3, 0.4) is 0 Å². The molecular weight excluding hydrogens is 252 g/mol. The van der Waals surface area contributed by atoms with Crippen LogP contribution < -0.4 is 4.74 Å². The summed E-state index contributed by atoms with van der Waals surface area (Å²) in [5.41, 5.74) is 0.109. The Labute approximate surface area is 108 Å². The van der Waals surface area contributed by atoms with Gasteiger partial charge in [-0.2, -0.15) is 5.26 Å². The van der Waals surface area contributed by atoms with Crippen molar-refractivity contribution in [3.8, 4) is 17.6 Å². The highest BCUT2D eigenvalue weighted by Crippen LogP contribution is 2.28. The molecule has 0 amide bonds. The quantitative estimate of drug-likeness (QED) is 0.923. The van der Waals surface area contributed by atoms with Gasteiger partial charge in [0.1, 0.15) is 23.2 Å². The molecule has 96 valence electrons. The van der Waals surface area contributed by atoms with Crippen LogP contribution in [0, 0.1) is 23.0 Å². The molecule has 5 heteroatoms. The highest BCUT2D eigenvalue weighted by molar-refractivity contribution is 5.46. The fourth-order valence-electron chi connectivity index (χ4n) is 1.54. The van der Waals surface area contributed by atoms with Gasteiger partial charge in [0.2, 0.25) is 0 Å². The van der Waals surface area contributed by atoms with Crippen molar-refractivity contribution in [2.24, 2.45) is 0 Å². The first-order chi connectivity index (χ1) is 9.15. The van der Waals surface area contributed by atoms with E-state index in [1.807, 2.05) is 0 Å². The Morgan fingerprint density at radius 3 is 2.53 bits per heavy atom. The van der Waals surface area contributed by atoms with Crippen LogP contribution in [0.15, 0.2) is 36.4 Å². The molecule has 3 nitrogen and oxygen atoms in total. The monoisotopic (exact) mass is 261 g/mol. The summed E-state index contributed by atoms with van der Waals surface area (Å²) in [6.45, 7) is -0.291. The van der Waals surface area contributed by atoms with Crippen molar-refractivity contribution >= 4 is 0 Å². The van der Waals surface area contributed by atoms with E-state index in [0.29, 0.717) is 5.56 Å². The Kier molecular flexibility index (Phi) is 3.74. The second-order valence-electron chi connectivity index (χ2n) is 3.75. The molecule has 2 aromatic carbocycles. The maximum atomic E-state index is 13.6. The van der Waals surface area contributed by atoms with Gasteiger partial charge >= 0.3 is 0 Å². The molecule has 2 aromatic rings. The SMILES string of the molecule is N#Cc1c(F)cccc1Oc1ccc(CO)cc1F. The lowest BCUT2D eigenvalue weighted by molar-refractivity contribution is 0.281. The minimum atomic E-state index is -0.729. The van der Waals surface area contributed by atoms with Gasteiger partial charge in [-0.05, 0) is 29.8 Å². The molecule has 0 saturated heterocycles. The smallest absolute Gasteiger partial charge is 0.166 e. The number of rotatable bonds is 3. The maximum absolute atomic E-state index is 13.6. The minimum absolute atomic E-state index is 0.0573. The van der Waals surface area contributed by atoms with Gasteiger partial charge in [0, 0.05) is 0 Å². The number of aliphatic hydroxyl groups is 1. The number of hydrogen-bond acceptors (Lipinski definition) is 3. The lowest BCUT2D eigenvalue weighted by atomic mass is 10.2. The lowest BCUT2D eigenvalue weighted by Crippen LogP contribution is -1.94. The van der Waals surface area contributed by atoms with E-state index in [9.17, 15) is 8.78 Å². The number of nitriles is 1. The van der Waals surface area contributed by atoms with Crippen molar-refractivity contribution in [3.05, 3.63) is 59.2 Å². The number of benzene rings is 2. The molecule has 19 heavy (non-hydrogen) atoms. The molecule has 0 bridgehead atoms. The zero-order valence-corrected chi connectivity index (χ0v) is 9.73. The van der Waals surface area contributed by atoms with Gasteiger partial charge in [0.25, 0.3) is 0 Å². The predicted octanol–water partition coefficient (Wildman–Crippen LogP) is 3.12. The Morgan fingerprint density at radius 1 is 1.11 bits per heavy atom. The standard InChI is InChI=1S/C14H9F2NO2/c15-11-2-1-3-13(10(11)7-17)19-14-5-4-9(8-18)6-12(14)16/h1-6,18H,8H2. The molecule has 0 spiro atoms. The topological polar surface area (TPSA) is 53.2 Å². The third-order valence-electron chi connectivity index (χ3n) is 2.49. The van der Waals surface area contributed by atoms with Gasteiger partial charge in [0.15, 0.2) is 11.6 Å². The van der Waals surface area contributed by atoms with E-state index in [4.69, 9.17) is 15.1 Å². The van der Waals surface area contributed by atoms with Gasteiger partial charge in [-0.25, -0.2) is 8.78 Å². The molecule has 0 aliphatic carbocycles. The van der Waals surface area contributed by atoms with Crippen molar-refractivity contribution in [3.63, 3.8) is 0 Å². The zero-order valence-electron chi connectivity index (χ0n) is 9.73. The van der Waals surface area contributed by atoms with Crippen molar-refractivity contribution in [2.45, 2.75) is 6.61 Å². The summed E-state index contributed by atoms with van der Waals surface area (Å²) in [4.78, 5) is 0. The minimum Gasteiger partial charge on any atom is -0.453 e. The average molecular weight is 261 g/mol. The van der Waals surface area contributed by atoms with Crippen LogP contribution in [0.2, 0.25) is 0 Å². The van der Waals surface area contributed by atoms with E-state index in [2.05, 4.69) is 0 Å². The lowest BCUT2D eigenvalue weighted by Gasteiger charge is -2.09. The van der Waals surface area contributed by atoms with E-state index < -0.39 is 11.6 Å². The van der Waals surface area contributed by atoms with Gasteiger partial charge in [0.05, 0.1) is 6.61 Å².